The third kappa shape index (κ3) is 2.77. The van der Waals surface area contributed by atoms with Crippen molar-refractivity contribution in [3.05, 3.63) is 139 Å². The Morgan fingerprint density at radius 1 is 0.511 bits per heavy atom. The average molecular weight is 590 g/mol. The molecule has 2 aliphatic carbocycles. The average Bonchev–Trinajstić information content (AvgIpc) is 3.78. The molecule has 2 heterocycles. The fourth-order valence-corrected chi connectivity index (χ4v) is 10.2. The molecule has 7 aromatic carbocycles. The van der Waals surface area contributed by atoms with Crippen molar-refractivity contribution < 1.29 is 0 Å². The predicted octanol–water partition coefficient (Wildman–Crippen LogP) is 12.3. The summed E-state index contributed by atoms with van der Waals surface area (Å²) in [5, 5.41) is 8.12. The maximum Gasteiger partial charge on any atom is 0.0595 e. The molecule has 0 aliphatic heterocycles. The van der Waals surface area contributed by atoms with Gasteiger partial charge in [0.25, 0.3) is 0 Å². The number of nitrogens with zero attached hydrogens (tertiary/aromatic N) is 1. The predicted molar refractivity (Wildman–Crippen MR) is 193 cm³/mol. The fraction of sp³-hybridized carbons (Fsp3) is 0.0698. The van der Waals surface area contributed by atoms with Gasteiger partial charge in [0.1, 0.15) is 0 Å². The molecule has 0 unspecified atom stereocenters. The molecule has 0 amide bonds. The Kier molecular flexibility index (Phi) is 4.35. The van der Waals surface area contributed by atoms with E-state index in [0.717, 1.165) is 0 Å². The molecule has 2 aromatic heterocycles. The van der Waals surface area contributed by atoms with E-state index in [1.54, 1.807) is 0 Å². The first-order valence-corrected chi connectivity index (χ1v) is 16.6. The van der Waals surface area contributed by atoms with Crippen LogP contribution in [0.15, 0.2) is 127 Å². The zero-order valence-electron chi connectivity index (χ0n) is 25.0. The smallest absolute Gasteiger partial charge is 0.0595 e. The summed E-state index contributed by atoms with van der Waals surface area (Å²) >= 11 is 1.96. The van der Waals surface area contributed by atoms with Crippen LogP contribution in [0, 0.1) is 0 Å². The highest BCUT2D eigenvalue weighted by molar-refractivity contribution is 7.26. The molecule has 11 rings (SSSR count). The molecular weight excluding hydrogens is 563 g/mol. The van der Waals surface area contributed by atoms with Crippen LogP contribution in [0.4, 0.5) is 0 Å². The third-order valence-corrected chi connectivity index (χ3v) is 11.9. The minimum absolute atomic E-state index is 0.161. The lowest BCUT2D eigenvalue weighted by molar-refractivity contribution is 0.664. The summed E-state index contributed by atoms with van der Waals surface area (Å²) in [6, 6.07) is 47.7. The van der Waals surface area contributed by atoms with Crippen molar-refractivity contribution in [1.29, 1.82) is 0 Å². The topological polar surface area (TPSA) is 4.93 Å². The van der Waals surface area contributed by atoms with Gasteiger partial charge in [0.2, 0.25) is 0 Å². The quantitative estimate of drug-likeness (QED) is 0.179. The minimum atomic E-state index is -0.161. The van der Waals surface area contributed by atoms with E-state index < -0.39 is 0 Å². The van der Waals surface area contributed by atoms with E-state index in [0.29, 0.717) is 0 Å². The lowest BCUT2D eigenvalue weighted by Crippen LogP contribution is -2.16. The van der Waals surface area contributed by atoms with Crippen LogP contribution in [0.3, 0.4) is 0 Å². The van der Waals surface area contributed by atoms with E-state index in [1.165, 1.54) is 103 Å². The molecule has 0 spiro atoms. The molecule has 9 aromatic rings. The van der Waals surface area contributed by atoms with Gasteiger partial charge in [-0.2, -0.15) is 0 Å². The van der Waals surface area contributed by atoms with E-state index in [9.17, 15) is 0 Å². The van der Waals surface area contributed by atoms with E-state index in [4.69, 9.17) is 0 Å². The van der Waals surface area contributed by atoms with Crippen molar-refractivity contribution in [2.24, 2.45) is 0 Å². The van der Waals surface area contributed by atoms with E-state index in [2.05, 4.69) is 146 Å². The van der Waals surface area contributed by atoms with Crippen molar-refractivity contribution in [2.75, 3.05) is 0 Å². The zero-order chi connectivity index (χ0) is 29.6. The van der Waals surface area contributed by atoms with Gasteiger partial charge in [0, 0.05) is 47.3 Å². The van der Waals surface area contributed by atoms with Crippen molar-refractivity contribution in [1.82, 2.24) is 4.57 Å². The molecule has 2 heteroatoms. The van der Waals surface area contributed by atoms with Gasteiger partial charge in [0.15, 0.2) is 0 Å². The number of para-hydroxylation sites is 1. The Bertz CT molecular complexity index is 2760. The molecule has 2 aliphatic rings. The third-order valence-electron chi connectivity index (χ3n) is 10.7. The minimum Gasteiger partial charge on any atom is -0.308 e. The van der Waals surface area contributed by atoms with Crippen molar-refractivity contribution in [3.63, 3.8) is 0 Å². The molecule has 1 nitrogen and oxygen atoms in total. The van der Waals surface area contributed by atoms with Gasteiger partial charge in [-0.3, -0.25) is 0 Å². The molecule has 45 heavy (non-hydrogen) atoms. The normalized spacial score (nSPS) is 14.2. The molecule has 0 saturated heterocycles. The number of thiophene rings is 1. The van der Waals surface area contributed by atoms with E-state index in [1.807, 2.05) is 11.3 Å². The Balaban J connectivity index is 1.41. The van der Waals surface area contributed by atoms with Crippen LogP contribution in [-0.2, 0) is 5.41 Å². The SMILES string of the molecule is CC1(C)c2ccccc2-c2c1c1c(c3ccccc3n1-c1ccc3c4c(cccc14)-c1ccccc1-3)c1c2sc2ccccc21. The van der Waals surface area contributed by atoms with Gasteiger partial charge in [-0.1, -0.05) is 123 Å². The maximum atomic E-state index is 2.62. The molecule has 210 valence electrons. The van der Waals surface area contributed by atoms with E-state index in [-0.39, 0.29) is 5.41 Å². The van der Waals surface area contributed by atoms with Crippen molar-refractivity contribution in [3.8, 4) is 39.1 Å². The molecular formula is C43H27NS. The van der Waals surface area contributed by atoms with Crippen LogP contribution in [0.2, 0.25) is 0 Å². The highest BCUT2D eigenvalue weighted by Gasteiger charge is 2.41. The Morgan fingerprint density at radius 3 is 2.00 bits per heavy atom. The lowest BCUT2D eigenvalue weighted by atomic mass is 9.81. The first-order valence-electron chi connectivity index (χ1n) is 15.8. The fourth-order valence-electron chi connectivity index (χ4n) is 8.92. The Hall–Kier alpha value is -5.18. The summed E-state index contributed by atoms with van der Waals surface area (Å²) in [5.74, 6) is 0. The number of aromatic nitrogens is 1. The number of benzene rings is 7. The largest absolute Gasteiger partial charge is 0.308 e. The van der Waals surface area contributed by atoms with Gasteiger partial charge in [-0.05, 0) is 62.5 Å². The summed E-state index contributed by atoms with van der Waals surface area (Å²) < 4.78 is 5.38. The van der Waals surface area contributed by atoms with Crippen LogP contribution in [0.25, 0.3) is 91.8 Å². The highest BCUT2D eigenvalue weighted by atomic mass is 32.1. The van der Waals surface area contributed by atoms with E-state index >= 15 is 0 Å². The summed E-state index contributed by atoms with van der Waals surface area (Å²) in [5.41, 5.74) is 14.7. The van der Waals surface area contributed by atoms with Gasteiger partial charge in [-0.15, -0.1) is 11.3 Å². The highest BCUT2D eigenvalue weighted by Crippen LogP contribution is 2.59. The number of hydrogen-bond donors (Lipinski definition) is 0. The summed E-state index contributed by atoms with van der Waals surface area (Å²) in [7, 11) is 0. The summed E-state index contributed by atoms with van der Waals surface area (Å²) in [6.45, 7) is 4.87. The van der Waals surface area contributed by atoms with Crippen molar-refractivity contribution in [2.45, 2.75) is 19.3 Å². The van der Waals surface area contributed by atoms with Crippen LogP contribution >= 0.6 is 11.3 Å². The van der Waals surface area contributed by atoms with Crippen LogP contribution in [-0.4, -0.2) is 4.57 Å². The zero-order valence-corrected chi connectivity index (χ0v) is 25.8. The summed E-state index contributed by atoms with van der Waals surface area (Å²) in [4.78, 5) is 0. The van der Waals surface area contributed by atoms with Crippen LogP contribution < -0.4 is 0 Å². The van der Waals surface area contributed by atoms with Gasteiger partial charge in [-0.25, -0.2) is 0 Å². The van der Waals surface area contributed by atoms with Crippen LogP contribution in [0.5, 0.6) is 0 Å². The Morgan fingerprint density at radius 2 is 1.16 bits per heavy atom. The number of fused-ring (bicyclic) bond motifs is 15. The Labute approximate surface area is 264 Å². The second-order valence-electron chi connectivity index (χ2n) is 13.2. The van der Waals surface area contributed by atoms with Gasteiger partial charge < -0.3 is 4.57 Å². The molecule has 0 N–H and O–H groups in total. The first-order chi connectivity index (χ1) is 22.1. The standard InChI is InChI=1S/C43H27NS/c1-43(2)32-19-8-5-14-28(32)39-40(43)41-37(38-31-16-7-10-21-35(31)45-42(38)39)30-15-6-9-20-33(30)44(41)34-23-22-27-25-13-4-3-12-24(25)26-17-11-18-29(34)36(26)27/h3-23H,1-2H3. The second-order valence-corrected chi connectivity index (χ2v) is 14.3. The van der Waals surface area contributed by atoms with Crippen LogP contribution in [0.1, 0.15) is 25.0 Å². The summed E-state index contributed by atoms with van der Waals surface area (Å²) in [6.07, 6.45) is 0. The number of hydrogen-bond acceptors (Lipinski definition) is 1. The number of rotatable bonds is 1. The second kappa shape index (κ2) is 8.10. The lowest BCUT2D eigenvalue weighted by Gasteiger charge is -2.24. The molecule has 0 saturated carbocycles. The maximum absolute atomic E-state index is 2.62. The molecule has 0 fully saturated rings. The van der Waals surface area contributed by atoms with Gasteiger partial charge >= 0.3 is 0 Å². The monoisotopic (exact) mass is 589 g/mol. The van der Waals surface area contributed by atoms with Crippen molar-refractivity contribution >= 4 is 64.1 Å². The molecule has 0 atom stereocenters. The molecule has 0 bridgehead atoms. The molecule has 0 radical (unpaired) electrons. The van der Waals surface area contributed by atoms with Gasteiger partial charge in [0.05, 0.1) is 16.7 Å². The first kappa shape index (κ1) is 24.2.